The van der Waals surface area contributed by atoms with Gasteiger partial charge in [0.25, 0.3) is 0 Å². The first-order valence-corrected chi connectivity index (χ1v) is 9.28. The van der Waals surface area contributed by atoms with E-state index in [-0.39, 0.29) is 10.8 Å². The van der Waals surface area contributed by atoms with Gasteiger partial charge in [0.15, 0.2) is 5.56 Å². The molecule has 1 rings (SSSR count). The lowest BCUT2D eigenvalue weighted by molar-refractivity contribution is 0.101. The monoisotopic (exact) mass is 304 g/mol. The van der Waals surface area contributed by atoms with E-state index in [9.17, 15) is 4.79 Å². The Bertz CT molecular complexity index is 297. The van der Waals surface area contributed by atoms with Crippen molar-refractivity contribution < 1.29 is 18.6 Å². The minimum absolute atomic E-state index is 0.104. The fourth-order valence-corrected chi connectivity index (χ4v) is 4.28. The topological polar surface area (TPSA) is 60.0 Å². The quantitative estimate of drug-likeness (QED) is 0.745. The fraction of sp³-hybridized carbons (Fsp3) is 0.833. The van der Waals surface area contributed by atoms with Crippen molar-refractivity contribution in [2.24, 2.45) is 0 Å². The third kappa shape index (κ3) is 3.85. The smallest absolute Gasteiger partial charge is 0.300 e. The second-order valence-electron chi connectivity index (χ2n) is 2.58. The molecule has 1 fully saturated rings. The van der Waals surface area contributed by atoms with Gasteiger partial charge >= 0.3 is 5.24 Å². The maximum atomic E-state index is 11.5. The normalized spacial score (nSPS) is 21.8. The molecule has 1 atom stereocenters. The van der Waals surface area contributed by atoms with E-state index in [0.29, 0.717) is 5.88 Å². The van der Waals surface area contributed by atoms with Gasteiger partial charge in [0.1, 0.15) is 0 Å². The summed E-state index contributed by atoms with van der Waals surface area (Å²) < 4.78 is 15.2. The van der Waals surface area contributed by atoms with E-state index in [2.05, 4.69) is 5.43 Å². The van der Waals surface area contributed by atoms with Gasteiger partial charge in [-0.2, -0.15) is 5.43 Å². The molecule has 0 radical (unpaired) electrons. The highest BCUT2D eigenvalue weighted by molar-refractivity contribution is 8.67. The Kier molecular flexibility index (Phi) is 6.03. The Morgan fingerprint density at radius 3 is 2.62 bits per heavy atom. The van der Waals surface area contributed by atoms with Crippen LogP contribution in [0, 0.1) is 0 Å². The SMILES string of the molecule is CO[C@@H]1NN(CSP(=S)(OC)OC)C(=O)S1. The molecular weight excluding hydrogens is 291 g/mol. The molecule has 16 heavy (non-hydrogen) atoms. The minimum Gasteiger partial charge on any atom is -0.355 e. The van der Waals surface area contributed by atoms with Crippen molar-refractivity contribution in [3.05, 3.63) is 0 Å². The van der Waals surface area contributed by atoms with Gasteiger partial charge < -0.3 is 13.8 Å². The number of hydrogen-bond donors (Lipinski definition) is 1. The number of nitrogens with zero attached hydrogens (tertiary/aromatic N) is 1. The van der Waals surface area contributed by atoms with Gasteiger partial charge in [0.2, 0.25) is 5.69 Å². The second-order valence-corrected chi connectivity index (χ2v) is 10.1. The summed E-state index contributed by atoms with van der Waals surface area (Å²) >= 11 is 7.53. The van der Waals surface area contributed by atoms with Crippen LogP contribution in [0.1, 0.15) is 0 Å². The summed E-state index contributed by atoms with van der Waals surface area (Å²) in [5.74, 6) is 0.366. The van der Waals surface area contributed by atoms with E-state index in [1.165, 1.54) is 37.7 Å². The number of carbonyl (C=O) groups is 1. The van der Waals surface area contributed by atoms with Crippen molar-refractivity contribution in [3.63, 3.8) is 0 Å². The maximum absolute atomic E-state index is 11.5. The molecule has 0 aliphatic carbocycles. The van der Waals surface area contributed by atoms with Crippen LogP contribution < -0.4 is 5.43 Å². The van der Waals surface area contributed by atoms with Gasteiger partial charge in [-0.1, -0.05) is 0 Å². The Labute approximate surface area is 108 Å². The van der Waals surface area contributed by atoms with Crippen molar-refractivity contribution in [2.45, 2.75) is 5.56 Å². The van der Waals surface area contributed by atoms with Crippen molar-refractivity contribution in [2.75, 3.05) is 27.2 Å². The highest BCUT2D eigenvalue weighted by atomic mass is 32.9. The summed E-state index contributed by atoms with van der Waals surface area (Å²) in [6.45, 7) is 0. The summed E-state index contributed by atoms with van der Waals surface area (Å²) in [6.07, 6.45) is 0. The zero-order chi connectivity index (χ0) is 12.2. The van der Waals surface area contributed by atoms with Gasteiger partial charge in [-0.05, 0) is 35.0 Å². The van der Waals surface area contributed by atoms with Crippen molar-refractivity contribution >= 4 is 45.9 Å². The largest absolute Gasteiger partial charge is 0.355 e. The van der Waals surface area contributed by atoms with Crippen molar-refractivity contribution in [1.29, 1.82) is 0 Å². The van der Waals surface area contributed by atoms with Crippen LogP contribution in [0.25, 0.3) is 0 Å². The molecule has 1 amide bonds. The lowest BCUT2D eigenvalue weighted by Gasteiger charge is -2.20. The van der Waals surface area contributed by atoms with Crippen molar-refractivity contribution in [3.8, 4) is 0 Å². The van der Waals surface area contributed by atoms with Gasteiger partial charge in [-0.15, -0.1) is 0 Å². The molecule has 1 aliphatic rings. The van der Waals surface area contributed by atoms with Crippen LogP contribution >= 0.6 is 28.8 Å². The predicted molar refractivity (Wildman–Crippen MR) is 69.5 cm³/mol. The third-order valence-corrected chi connectivity index (χ3v) is 8.25. The lowest BCUT2D eigenvalue weighted by atomic mass is 11.1. The maximum Gasteiger partial charge on any atom is 0.300 e. The zero-order valence-electron chi connectivity index (χ0n) is 9.04. The third-order valence-electron chi connectivity index (χ3n) is 1.70. The number of hydrogen-bond acceptors (Lipinski definition) is 8. The Hall–Kier alpha value is 0.660. The van der Waals surface area contributed by atoms with Gasteiger partial charge in [0, 0.05) is 21.3 Å². The van der Waals surface area contributed by atoms with Gasteiger partial charge in [-0.25, -0.2) is 0 Å². The number of ether oxygens (including phenoxy) is 1. The van der Waals surface area contributed by atoms with Crippen LogP contribution in [-0.2, 0) is 25.6 Å². The summed E-state index contributed by atoms with van der Waals surface area (Å²) in [6, 6.07) is 0. The number of nitrogens with one attached hydrogen (secondary N) is 1. The molecule has 0 aromatic rings. The molecule has 0 bridgehead atoms. The highest BCUT2D eigenvalue weighted by Crippen LogP contribution is 2.59. The predicted octanol–water partition coefficient (Wildman–Crippen LogP) is 1.80. The van der Waals surface area contributed by atoms with Gasteiger partial charge in [0.05, 0.1) is 5.88 Å². The molecule has 0 aromatic heterocycles. The Morgan fingerprint density at radius 1 is 1.56 bits per heavy atom. The first kappa shape index (κ1) is 14.7. The van der Waals surface area contributed by atoms with E-state index < -0.39 is 5.69 Å². The minimum atomic E-state index is -2.32. The van der Waals surface area contributed by atoms with Crippen LogP contribution in [0.3, 0.4) is 0 Å². The summed E-state index contributed by atoms with van der Waals surface area (Å²) in [5.41, 5.74) is 0.216. The average Bonchev–Trinajstić information content (AvgIpc) is 2.67. The van der Waals surface area contributed by atoms with E-state index in [1.807, 2.05) is 0 Å². The molecule has 0 spiro atoms. The van der Waals surface area contributed by atoms with Crippen LogP contribution in [0.5, 0.6) is 0 Å². The molecule has 1 saturated heterocycles. The molecule has 0 unspecified atom stereocenters. The first-order valence-electron chi connectivity index (χ1n) is 4.18. The van der Waals surface area contributed by atoms with Crippen LogP contribution in [0.15, 0.2) is 0 Å². The van der Waals surface area contributed by atoms with E-state index in [1.54, 1.807) is 0 Å². The van der Waals surface area contributed by atoms with Crippen LogP contribution in [-0.4, -0.2) is 43.0 Å². The van der Waals surface area contributed by atoms with Crippen LogP contribution in [0.2, 0.25) is 0 Å². The number of hydrazine groups is 1. The molecule has 1 aliphatic heterocycles. The molecule has 0 saturated carbocycles. The molecule has 1 heterocycles. The van der Waals surface area contributed by atoms with Crippen molar-refractivity contribution in [1.82, 2.24) is 10.4 Å². The molecule has 0 aromatic carbocycles. The van der Waals surface area contributed by atoms with E-state index >= 15 is 0 Å². The standard InChI is InChI=1S/C6H13N2O4PS3/c1-10-5-7-8(6(9)16-5)4-15-13(14,11-2)12-3/h5,7H,4H2,1-3H3/t5-/m0/s1. The first-order chi connectivity index (χ1) is 7.54. The molecule has 1 N–H and O–H groups in total. The Morgan fingerprint density at radius 2 is 2.19 bits per heavy atom. The number of amides is 1. The number of carbonyl (C=O) groups excluding carboxylic acids is 1. The van der Waals surface area contributed by atoms with Crippen LogP contribution in [0.4, 0.5) is 4.79 Å². The molecule has 6 nitrogen and oxygen atoms in total. The molecule has 94 valence electrons. The number of thioether (sulfide) groups is 1. The number of methoxy groups -OCH3 is 1. The number of rotatable bonds is 6. The second kappa shape index (κ2) is 6.55. The fourth-order valence-electron chi connectivity index (χ4n) is 0.861. The van der Waals surface area contributed by atoms with E-state index in [4.69, 9.17) is 25.6 Å². The summed E-state index contributed by atoms with van der Waals surface area (Å²) in [7, 11) is 4.54. The average molecular weight is 304 g/mol. The summed E-state index contributed by atoms with van der Waals surface area (Å²) in [4.78, 5) is 11.5. The molecular formula is C6H13N2O4PS3. The lowest BCUT2D eigenvalue weighted by Crippen LogP contribution is -2.37. The summed E-state index contributed by atoms with van der Waals surface area (Å²) in [5, 5.41) is 1.33. The highest BCUT2D eigenvalue weighted by Gasteiger charge is 2.31. The Balaban J connectivity index is 2.44. The zero-order valence-corrected chi connectivity index (χ0v) is 12.4. The van der Waals surface area contributed by atoms with Gasteiger partial charge in [-0.3, -0.25) is 9.80 Å². The van der Waals surface area contributed by atoms with E-state index in [0.717, 1.165) is 11.8 Å². The molecule has 10 heteroatoms.